The van der Waals surface area contributed by atoms with E-state index in [9.17, 15) is 22.8 Å². The number of carbonyl (C=O) groups excluding carboxylic acids is 1. The Kier molecular flexibility index (Phi) is 6.48. The fourth-order valence-corrected chi connectivity index (χ4v) is 4.38. The third kappa shape index (κ3) is 4.69. The molecule has 35 heavy (non-hydrogen) atoms. The predicted molar refractivity (Wildman–Crippen MR) is 127 cm³/mol. The van der Waals surface area contributed by atoms with Crippen molar-refractivity contribution in [2.75, 3.05) is 38.2 Å². The zero-order valence-corrected chi connectivity index (χ0v) is 20.0. The van der Waals surface area contributed by atoms with Crippen LogP contribution in [0.1, 0.15) is 29.8 Å². The van der Waals surface area contributed by atoms with Gasteiger partial charge in [0, 0.05) is 31.9 Å². The third-order valence-corrected chi connectivity index (χ3v) is 6.55. The summed E-state index contributed by atoms with van der Waals surface area (Å²) >= 11 is 0. The lowest BCUT2D eigenvalue weighted by Crippen LogP contribution is -2.51. The number of methoxy groups -OCH3 is 1. The van der Waals surface area contributed by atoms with E-state index in [4.69, 9.17) is 4.74 Å². The smallest absolute Gasteiger partial charge is 0.438 e. The number of carbonyl (C=O) groups is 1. The van der Waals surface area contributed by atoms with E-state index in [1.807, 2.05) is 24.3 Å². The Labute approximate surface area is 200 Å². The summed E-state index contributed by atoms with van der Waals surface area (Å²) in [6.07, 6.45) is -4.93. The normalized spacial score (nSPS) is 15.4. The highest BCUT2D eigenvalue weighted by Crippen LogP contribution is 2.29. The van der Waals surface area contributed by atoms with E-state index in [0.717, 1.165) is 27.1 Å². The van der Waals surface area contributed by atoms with Gasteiger partial charge in [-0.05, 0) is 68.3 Å². The summed E-state index contributed by atoms with van der Waals surface area (Å²) in [5.41, 5.74) is -0.0594. The molecule has 2 heterocycles. The molecular weight excluding hydrogens is 461 g/mol. The average molecular weight is 489 g/mol. The van der Waals surface area contributed by atoms with Crippen molar-refractivity contribution < 1.29 is 22.7 Å². The summed E-state index contributed by atoms with van der Waals surface area (Å²) in [5, 5.41) is 0. The van der Waals surface area contributed by atoms with E-state index < -0.39 is 29.4 Å². The first-order valence-corrected chi connectivity index (χ1v) is 11.3. The van der Waals surface area contributed by atoms with Crippen LogP contribution in [-0.4, -0.2) is 53.6 Å². The van der Waals surface area contributed by atoms with Gasteiger partial charge in [0.1, 0.15) is 11.8 Å². The van der Waals surface area contributed by atoms with Gasteiger partial charge in [0.15, 0.2) is 0 Å². The van der Waals surface area contributed by atoms with E-state index in [-0.39, 0.29) is 11.0 Å². The molecule has 0 aliphatic carbocycles. The van der Waals surface area contributed by atoms with Crippen LogP contribution in [0.25, 0.3) is 11.0 Å². The molecule has 0 radical (unpaired) electrons. The van der Waals surface area contributed by atoms with Crippen molar-refractivity contribution in [3.8, 4) is 5.75 Å². The van der Waals surface area contributed by atoms with Crippen molar-refractivity contribution in [2.24, 2.45) is 0 Å². The SMILES string of the molecule is COc1ccc(N2CCN(C(=O)C(C)n3c(=O)c(C(F)(F)F)nc4cc(C)c(C)cc43)CC2)cc1. The number of nitrogens with zero attached hydrogens (tertiary/aromatic N) is 4. The number of piperazine rings is 1. The predicted octanol–water partition coefficient (Wildman–Crippen LogP) is 3.95. The number of rotatable bonds is 4. The number of alkyl halides is 3. The van der Waals surface area contributed by atoms with E-state index in [1.54, 1.807) is 31.9 Å². The Morgan fingerprint density at radius 3 is 2.20 bits per heavy atom. The minimum Gasteiger partial charge on any atom is -0.497 e. The van der Waals surface area contributed by atoms with Gasteiger partial charge in [-0.15, -0.1) is 0 Å². The largest absolute Gasteiger partial charge is 0.497 e. The average Bonchev–Trinajstić information content (AvgIpc) is 2.83. The molecule has 7 nitrogen and oxygen atoms in total. The highest BCUT2D eigenvalue weighted by molar-refractivity contribution is 5.84. The molecular formula is C25H27F3N4O3. The number of benzene rings is 2. The fourth-order valence-electron chi connectivity index (χ4n) is 4.38. The van der Waals surface area contributed by atoms with Gasteiger partial charge in [-0.1, -0.05) is 0 Å². The van der Waals surface area contributed by atoms with Crippen molar-refractivity contribution in [3.63, 3.8) is 0 Å². The second-order valence-electron chi connectivity index (χ2n) is 8.74. The summed E-state index contributed by atoms with van der Waals surface area (Å²) in [6.45, 7) is 6.91. The maximum Gasteiger partial charge on any atom is 0.438 e. The number of hydrogen-bond acceptors (Lipinski definition) is 5. The molecule has 2 aromatic carbocycles. The molecule has 0 bridgehead atoms. The molecule has 1 aromatic heterocycles. The minimum absolute atomic E-state index is 0.0315. The molecule has 0 N–H and O–H groups in total. The quantitative estimate of drug-likeness (QED) is 0.557. The van der Waals surface area contributed by atoms with Crippen LogP contribution in [0.5, 0.6) is 5.75 Å². The molecule has 1 amide bonds. The van der Waals surface area contributed by atoms with Gasteiger partial charge in [-0.25, -0.2) is 4.98 Å². The lowest BCUT2D eigenvalue weighted by molar-refractivity contribution is -0.143. The number of hydrogen-bond donors (Lipinski definition) is 0. The lowest BCUT2D eigenvalue weighted by atomic mass is 10.1. The summed E-state index contributed by atoms with van der Waals surface area (Å²) in [7, 11) is 1.60. The Morgan fingerprint density at radius 2 is 1.63 bits per heavy atom. The van der Waals surface area contributed by atoms with Crippen molar-refractivity contribution >= 4 is 22.6 Å². The highest BCUT2D eigenvalue weighted by atomic mass is 19.4. The van der Waals surface area contributed by atoms with Crippen molar-refractivity contribution in [1.82, 2.24) is 14.5 Å². The van der Waals surface area contributed by atoms with Crippen LogP contribution in [0.4, 0.5) is 18.9 Å². The molecule has 0 spiro atoms. The van der Waals surface area contributed by atoms with Crippen molar-refractivity contribution in [3.05, 3.63) is 63.6 Å². The fraction of sp³-hybridized carbons (Fsp3) is 0.400. The van der Waals surface area contributed by atoms with Crippen molar-refractivity contribution in [2.45, 2.75) is 33.0 Å². The number of ether oxygens (including phenoxy) is 1. The Balaban J connectivity index is 1.63. The standard InChI is InChI=1S/C25H27F3N4O3/c1-15-13-20-21(14-16(15)2)32(24(34)22(29-20)25(26,27)28)17(3)23(33)31-11-9-30(10-12-31)18-5-7-19(35-4)8-6-18/h5-8,13-14,17H,9-12H2,1-4H3. The molecule has 186 valence electrons. The van der Waals surface area contributed by atoms with Crippen LogP contribution >= 0.6 is 0 Å². The van der Waals surface area contributed by atoms with Gasteiger partial charge < -0.3 is 14.5 Å². The van der Waals surface area contributed by atoms with E-state index in [1.165, 1.54) is 13.0 Å². The van der Waals surface area contributed by atoms with Gasteiger partial charge >= 0.3 is 6.18 Å². The zero-order valence-electron chi connectivity index (χ0n) is 20.0. The number of aryl methyl sites for hydroxylation is 2. The van der Waals surface area contributed by atoms with E-state index >= 15 is 0 Å². The molecule has 1 fully saturated rings. The summed E-state index contributed by atoms with van der Waals surface area (Å²) in [6, 6.07) is 9.60. The number of halogens is 3. The summed E-state index contributed by atoms with van der Waals surface area (Å²) in [4.78, 5) is 33.6. The van der Waals surface area contributed by atoms with Crippen LogP contribution in [0.3, 0.4) is 0 Å². The van der Waals surface area contributed by atoms with Gasteiger partial charge in [0.25, 0.3) is 5.56 Å². The number of aromatic nitrogens is 2. The molecule has 10 heteroatoms. The molecule has 1 unspecified atom stereocenters. The third-order valence-electron chi connectivity index (χ3n) is 6.55. The summed E-state index contributed by atoms with van der Waals surface area (Å²) < 4.78 is 47.0. The molecule has 0 saturated carbocycles. The second kappa shape index (κ2) is 9.24. The number of amides is 1. The Hall–Kier alpha value is -3.56. The van der Waals surface area contributed by atoms with Crippen LogP contribution in [0.15, 0.2) is 41.2 Å². The monoisotopic (exact) mass is 488 g/mol. The second-order valence-corrected chi connectivity index (χ2v) is 8.74. The van der Waals surface area contributed by atoms with Crippen LogP contribution in [0, 0.1) is 13.8 Å². The summed E-state index contributed by atoms with van der Waals surface area (Å²) in [5.74, 6) is 0.343. The van der Waals surface area contributed by atoms with Crippen LogP contribution in [0.2, 0.25) is 0 Å². The van der Waals surface area contributed by atoms with Gasteiger partial charge in [0.05, 0.1) is 18.1 Å². The molecule has 1 aliphatic rings. The molecule has 1 atom stereocenters. The van der Waals surface area contributed by atoms with Gasteiger partial charge in [-0.2, -0.15) is 13.2 Å². The molecule has 1 saturated heterocycles. The number of fused-ring (bicyclic) bond motifs is 1. The number of anilines is 1. The van der Waals surface area contributed by atoms with Crippen LogP contribution < -0.4 is 15.2 Å². The minimum atomic E-state index is -4.93. The van der Waals surface area contributed by atoms with Gasteiger partial charge in [0.2, 0.25) is 11.6 Å². The maximum atomic E-state index is 13.6. The van der Waals surface area contributed by atoms with Gasteiger partial charge in [-0.3, -0.25) is 14.2 Å². The van der Waals surface area contributed by atoms with Crippen molar-refractivity contribution in [1.29, 1.82) is 0 Å². The van der Waals surface area contributed by atoms with E-state index in [0.29, 0.717) is 26.2 Å². The Morgan fingerprint density at radius 1 is 1.03 bits per heavy atom. The van der Waals surface area contributed by atoms with E-state index in [2.05, 4.69) is 9.88 Å². The first-order valence-electron chi connectivity index (χ1n) is 11.3. The molecule has 4 rings (SSSR count). The zero-order chi connectivity index (χ0) is 25.5. The first-order chi connectivity index (χ1) is 16.5. The topological polar surface area (TPSA) is 67.7 Å². The first kappa shape index (κ1) is 24.6. The highest BCUT2D eigenvalue weighted by Gasteiger charge is 2.39. The molecule has 3 aromatic rings. The maximum absolute atomic E-state index is 13.6. The molecule has 1 aliphatic heterocycles. The Bertz CT molecular complexity index is 1310. The van der Waals surface area contributed by atoms with Crippen LogP contribution in [-0.2, 0) is 11.0 Å². The lowest BCUT2D eigenvalue weighted by Gasteiger charge is -2.37.